The summed E-state index contributed by atoms with van der Waals surface area (Å²) in [6.45, 7) is 6.35. The van der Waals surface area contributed by atoms with Gasteiger partial charge in [0.1, 0.15) is 5.75 Å². The van der Waals surface area contributed by atoms with Gasteiger partial charge in [0.2, 0.25) is 5.91 Å². The number of hydrogen-bond acceptors (Lipinski definition) is 4. The van der Waals surface area contributed by atoms with Crippen LogP contribution in [0.3, 0.4) is 0 Å². The van der Waals surface area contributed by atoms with Gasteiger partial charge in [0.25, 0.3) is 5.91 Å². The van der Waals surface area contributed by atoms with E-state index in [1.807, 2.05) is 17.9 Å². The summed E-state index contributed by atoms with van der Waals surface area (Å²) >= 11 is 0. The van der Waals surface area contributed by atoms with Gasteiger partial charge in [-0.2, -0.15) is 0 Å². The van der Waals surface area contributed by atoms with Crippen LogP contribution in [-0.2, 0) is 0 Å². The molecule has 31 heavy (non-hydrogen) atoms. The molecule has 0 saturated carbocycles. The second kappa shape index (κ2) is 9.10. The molecule has 0 aliphatic carbocycles. The van der Waals surface area contributed by atoms with Gasteiger partial charge in [-0.15, -0.1) is 0 Å². The molecule has 2 heterocycles. The summed E-state index contributed by atoms with van der Waals surface area (Å²) in [4.78, 5) is 29.7. The predicted molar refractivity (Wildman–Crippen MR) is 120 cm³/mol. The van der Waals surface area contributed by atoms with Gasteiger partial charge in [0.15, 0.2) is 0 Å². The number of benzene rings is 2. The Balaban J connectivity index is 1.35. The first kappa shape index (κ1) is 21.4. The summed E-state index contributed by atoms with van der Waals surface area (Å²) in [5, 5.41) is 0. The fourth-order valence-corrected chi connectivity index (χ4v) is 4.95. The van der Waals surface area contributed by atoms with Crippen LogP contribution in [0.15, 0.2) is 42.5 Å². The van der Waals surface area contributed by atoms with E-state index in [0.717, 1.165) is 39.1 Å². The summed E-state index contributed by atoms with van der Waals surface area (Å²) in [6, 6.07) is 13.8. The molecule has 0 spiro atoms. The van der Waals surface area contributed by atoms with Crippen LogP contribution in [0.4, 0.5) is 0 Å². The number of fused-ring (bicyclic) bond motifs is 1. The van der Waals surface area contributed by atoms with E-state index in [0.29, 0.717) is 28.7 Å². The Morgan fingerprint density at radius 2 is 1.77 bits per heavy atom. The molecule has 2 aromatic carbocycles. The summed E-state index contributed by atoms with van der Waals surface area (Å²) in [7, 11) is 1.53. The average molecular weight is 421 g/mol. The number of amides is 2. The van der Waals surface area contributed by atoms with Crippen molar-refractivity contribution in [2.24, 2.45) is 17.6 Å². The van der Waals surface area contributed by atoms with Crippen molar-refractivity contribution >= 4 is 11.8 Å². The number of likely N-dealkylation sites (tertiary alicyclic amines) is 2. The highest BCUT2D eigenvalue weighted by molar-refractivity contribution is 6.08. The van der Waals surface area contributed by atoms with Gasteiger partial charge < -0.3 is 20.3 Å². The highest BCUT2D eigenvalue weighted by Crippen LogP contribution is 2.33. The van der Waals surface area contributed by atoms with Crippen LogP contribution in [0.1, 0.15) is 38.3 Å². The van der Waals surface area contributed by atoms with Gasteiger partial charge in [-0.05, 0) is 61.4 Å². The normalized spacial score (nSPS) is 20.6. The highest BCUT2D eigenvalue weighted by atomic mass is 16.5. The molecule has 2 fully saturated rings. The fourth-order valence-electron chi connectivity index (χ4n) is 4.95. The zero-order valence-electron chi connectivity index (χ0n) is 18.2. The zero-order valence-corrected chi connectivity index (χ0v) is 18.2. The van der Waals surface area contributed by atoms with Gasteiger partial charge in [0.05, 0.1) is 18.2 Å². The molecule has 2 aliphatic heterocycles. The van der Waals surface area contributed by atoms with Crippen molar-refractivity contribution in [2.45, 2.75) is 13.3 Å². The Morgan fingerprint density at radius 3 is 2.39 bits per heavy atom. The molecule has 4 rings (SSSR count). The van der Waals surface area contributed by atoms with Gasteiger partial charge in [-0.25, -0.2) is 0 Å². The lowest BCUT2D eigenvalue weighted by Crippen LogP contribution is -2.35. The lowest BCUT2D eigenvalue weighted by Gasteiger charge is -2.23. The van der Waals surface area contributed by atoms with E-state index < -0.39 is 5.91 Å². The Morgan fingerprint density at radius 1 is 1.10 bits per heavy atom. The van der Waals surface area contributed by atoms with Crippen molar-refractivity contribution in [3.05, 3.63) is 71.1 Å². The van der Waals surface area contributed by atoms with E-state index in [2.05, 4.69) is 35.6 Å². The predicted octanol–water partition coefficient (Wildman–Crippen LogP) is 2.75. The molecule has 0 aromatic heterocycles. The van der Waals surface area contributed by atoms with Crippen LogP contribution in [-0.4, -0.2) is 61.4 Å². The molecule has 2 amide bonds. The van der Waals surface area contributed by atoms with Crippen molar-refractivity contribution in [3.63, 3.8) is 0 Å². The minimum atomic E-state index is -0.606. The maximum atomic E-state index is 13.3. The van der Waals surface area contributed by atoms with Crippen LogP contribution < -0.4 is 10.5 Å². The van der Waals surface area contributed by atoms with Gasteiger partial charge in [0, 0.05) is 26.2 Å². The lowest BCUT2D eigenvalue weighted by molar-refractivity contribution is 0.0768. The fraction of sp³-hybridized carbons (Fsp3) is 0.400. The minimum Gasteiger partial charge on any atom is -0.497 e. The van der Waals surface area contributed by atoms with E-state index in [9.17, 15) is 9.59 Å². The number of aryl methyl sites for hydroxylation is 1. The molecule has 2 atom stereocenters. The smallest absolute Gasteiger partial charge is 0.254 e. The number of primary amides is 1. The molecular weight excluding hydrogens is 390 g/mol. The first-order chi connectivity index (χ1) is 15.0. The third-order valence-electron chi connectivity index (χ3n) is 6.50. The molecule has 2 aromatic rings. The summed E-state index contributed by atoms with van der Waals surface area (Å²) < 4.78 is 5.24. The van der Waals surface area contributed by atoms with E-state index in [4.69, 9.17) is 10.5 Å². The van der Waals surface area contributed by atoms with E-state index >= 15 is 0 Å². The van der Waals surface area contributed by atoms with E-state index in [1.165, 1.54) is 12.7 Å². The lowest BCUT2D eigenvalue weighted by atomic mass is 9.99. The number of carbonyl (C=O) groups is 2. The van der Waals surface area contributed by atoms with Crippen molar-refractivity contribution in [1.82, 2.24) is 9.80 Å². The Kier molecular flexibility index (Phi) is 6.28. The third kappa shape index (κ3) is 4.59. The largest absolute Gasteiger partial charge is 0.497 e. The number of carbonyl (C=O) groups excluding carboxylic acids is 2. The molecule has 1 unspecified atom stereocenters. The quantitative estimate of drug-likeness (QED) is 0.747. The second-order valence-electron chi connectivity index (χ2n) is 8.62. The molecule has 6 nitrogen and oxygen atoms in total. The topological polar surface area (TPSA) is 75.9 Å². The van der Waals surface area contributed by atoms with Gasteiger partial charge >= 0.3 is 0 Å². The summed E-state index contributed by atoms with van der Waals surface area (Å²) in [6.07, 6.45) is 3.31. The Hall–Kier alpha value is -2.86. The van der Waals surface area contributed by atoms with Gasteiger partial charge in [-0.3, -0.25) is 9.59 Å². The molecule has 163 valence electrons. The maximum Gasteiger partial charge on any atom is 0.254 e. The SMILES string of the molecule is COc1cc(C)c(C(=O)N2CC3CN(CC[CH]c4ccccc4)C[C@H]3C2)c(C(N)=O)c1. The first-order valence-electron chi connectivity index (χ1n) is 10.8. The minimum absolute atomic E-state index is 0.104. The van der Waals surface area contributed by atoms with Crippen molar-refractivity contribution in [3.8, 4) is 5.75 Å². The Labute approximate surface area is 184 Å². The maximum absolute atomic E-state index is 13.3. The zero-order chi connectivity index (χ0) is 22.0. The molecule has 0 bridgehead atoms. The van der Waals surface area contributed by atoms with Crippen LogP contribution in [0, 0.1) is 25.2 Å². The molecule has 6 heteroatoms. The number of ether oxygens (including phenoxy) is 1. The third-order valence-corrected chi connectivity index (χ3v) is 6.50. The number of rotatable bonds is 7. The molecule has 2 saturated heterocycles. The number of hydrogen-bond donors (Lipinski definition) is 1. The highest BCUT2D eigenvalue weighted by Gasteiger charge is 2.42. The summed E-state index contributed by atoms with van der Waals surface area (Å²) in [5.41, 5.74) is 8.18. The van der Waals surface area contributed by atoms with Crippen LogP contribution in [0.25, 0.3) is 0 Å². The monoisotopic (exact) mass is 420 g/mol. The van der Waals surface area contributed by atoms with E-state index in [1.54, 1.807) is 12.1 Å². The number of methoxy groups -OCH3 is 1. The number of nitrogens with zero attached hydrogens (tertiary/aromatic N) is 2. The number of nitrogens with two attached hydrogens (primary N) is 1. The van der Waals surface area contributed by atoms with Crippen LogP contribution in [0.2, 0.25) is 0 Å². The molecular formula is C25H30N3O3. The molecule has 1 radical (unpaired) electrons. The first-order valence-corrected chi connectivity index (χ1v) is 10.8. The Bertz CT molecular complexity index is 946. The molecule has 2 aliphatic rings. The van der Waals surface area contributed by atoms with Crippen molar-refractivity contribution in [2.75, 3.05) is 39.8 Å². The van der Waals surface area contributed by atoms with Crippen LogP contribution >= 0.6 is 0 Å². The van der Waals surface area contributed by atoms with Crippen LogP contribution in [0.5, 0.6) is 5.75 Å². The van der Waals surface area contributed by atoms with Crippen molar-refractivity contribution in [1.29, 1.82) is 0 Å². The molecule has 2 N–H and O–H groups in total. The second-order valence-corrected chi connectivity index (χ2v) is 8.62. The summed E-state index contributed by atoms with van der Waals surface area (Å²) in [5.74, 6) is 0.787. The standard InChI is InChI=1S/C25H30N3O3/c1-17-11-21(31-2)12-22(24(26)29)23(17)25(30)28-15-19-13-27(14-20(19)16-28)10-6-9-18-7-4-3-5-8-18/h3-5,7-9,11-12,19-20H,6,10,13-16H2,1-2H3,(H2,26,29)/t19-,20?/m0/s1. The average Bonchev–Trinajstić information content (AvgIpc) is 3.32. The van der Waals surface area contributed by atoms with Crippen molar-refractivity contribution < 1.29 is 14.3 Å². The van der Waals surface area contributed by atoms with Gasteiger partial charge in [-0.1, -0.05) is 30.3 Å². The van der Waals surface area contributed by atoms with E-state index in [-0.39, 0.29) is 11.5 Å².